The topological polar surface area (TPSA) is 80.1 Å². The van der Waals surface area contributed by atoms with Crippen molar-refractivity contribution in [3.05, 3.63) is 47.9 Å². The predicted molar refractivity (Wildman–Crippen MR) is 100 cm³/mol. The average molecular weight is 392 g/mol. The van der Waals surface area contributed by atoms with Crippen LogP contribution in [0.4, 0.5) is 0 Å². The number of nitrogens with zero attached hydrogens (tertiary/aromatic N) is 2. The Morgan fingerprint density at radius 1 is 1.19 bits per heavy atom. The molecular formula is C19H24N2O5S. The maximum absolute atomic E-state index is 12.9. The molecule has 0 saturated carbocycles. The Kier molecular flexibility index (Phi) is 5.86. The summed E-state index contributed by atoms with van der Waals surface area (Å²) >= 11 is 0. The van der Waals surface area contributed by atoms with Crippen molar-refractivity contribution in [2.45, 2.75) is 24.7 Å². The maximum Gasteiger partial charge on any atom is 0.243 e. The van der Waals surface area contributed by atoms with E-state index in [0.717, 1.165) is 5.76 Å². The summed E-state index contributed by atoms with van der Waals surface area (Å²) < 4.78 is 37.7. The first kappa shape index (κ1) is 19.4. The van der Waals surface area contributed by atoms with E-state index in [2.05, 4.69) is 0 Å². The molecule has 0 spiro atoms. The molecule has 7 nitrogen and oxygen atoms in total. The molecule has 2 heterocycles. The van der Waals surface area contributed by atoms with Crippen molar-refractivity contribution < 1.29 is 22.4 Å². The van der Waals surface area contributed by atoms with Gasteiger partial charge in [-0.25, -0.2) is 8.42 Å². The van der Waals surface area contributed by atoms with E-state index >= 15 is 0 Å². The molecule has 1 saturated heterocycles. The summed E-state index contributed by atoms with van der Waals surface area (Å²) in [6.45, 7) is 3.13. The van der Waals surface area contributed by atoms with Crippen molar-refractivity contribution in [3.63, 3.8) is 0 Å². The lowest BCUT2D eigenvalue weighted by Gasteiger charge is -2.34. The number of carbonyl (C=O) groups excluding carboxylic acids is 1. The van der Waals surface area contributed by atoms with Crippen LogP contribution in [0, 0.1) is 6.92 Å². The van der Waals surface area contributed by atoms with Gasteiger partial charge < -0.3 is 14.1 Å². The summed E-state index contributed by atoms with van der Waals surface area (Å²) in [5.41, 5.74) is 0.645. The van der Waals surface area contributed by atoms with Crippen LogP contribution in [0.25, 0.3) is 0 Å². The van der Waals surface area contributed by atoms with Crippen molar-refractivity contribution in [2.75, 3.05) is 33.3 Å². The van der Waals surface area contributed by atoms with Gasteiger partial charge in [0.2, 0.25) is 15.9 Å². The number of ether oxygens (including phenoxy) is 1. The number of aryl methyl sites for hydroxylation is 2. The molecule has 0 atom stereocenters. The Morgan fingerprint density at radius 2 is 1.93 bits per heavy atom. The highest BCUT2D eigenvalue weighted by Crippen LogP contribution is 2.25. The fourth-order valence-corrected chi connectivity index (χ4v) is 4.83. The molecule has 2 aromatic rings. The van der Waals surface area contributed by atoms with Crippen LogP contribution < -0.4 is 4.74 Å². The van der Waals surface area contributed by atoms with Crippen LogP contribution in [-0.2, 0) is 21.2 Å². The molecule has 8 heteroatoms. The Balaban J connectivity index is 1.60. The molecule has 1 aromatic heterocycles. The quantitative estimate of drug-likeness (QED) is 0.752. The zero-order valence-electron chi connectivity index (χ0n) is 15.6. The van der Waals surface area contributed by atoms with E-state index in [1.54, 1.807) is 49.5 Å². The molecule has 1 aromatic carbocycles. The number of rotatable bonds is 6. The lowest BCUT2D eigenvalue weighted by molar-refractivity contribution is -0.132. The number of carbonyl (C=O) groups is 1. The van der Waals surface area contributed by atoms with Gasteiger partial charge in [0.05, 0.1) is 18.3 Å². The summed E-state index contributed by atoms with van der Waals surface area (Å²) in [6.07, 6.45) is 2.50. The number of piperazine rings is 1. The van der Waals surface area contributed by atoms with Gasteiger partial charge in [-0.2, -0.15) is 4.31 Å². The molecule has 0 aliphatic carbocycles. The van der Waals surface area contributed by atoms with E-state index in [4.69, 9.17) is 9.15 Å². The summed E-state index contributed by atoms with van der Waals surface area (Å²) in [5, 5.41) is 0. The van der Waals surface area contributed by atoms with Crippen molar-refractivity contribution in [3.8, 4) is 5.75 Å². The normalized spacial score (nSPS) is 15.7. The van der Waals surface area contributed by atoms with E-state index in [9.17, 15) is 13.2 Å². The third-order valence-electron chi connectivity index (χ3n) is 4.76. The molecule has 0 radical (unpaired) electrons. The highest BCUT2D eigenvalue weighted by atomic mass is 32.2. The van der Waals surface area contributed by atoms with Crippen molar-refractivity contribution >= 4 is 15.9 Å². The van der Waals surface area contributed by atoms with Gasteiger partial charge in [0.15, 0.2) is 0 Å². The highest BCUT2D eigenvalue weighted by Gasteiger charge is 2.31. The van der Waals surface area contributed by atoms with Gasteiger partial charge in [0.25, 0.3) is 0 Å². The summed E-state index contributed by atoms with van der Waals surface area (Å²) in [4.78, 5) is 14.3. The summed E-state index contributed by atoms with van der Waals surface area (Å²) in [6, 6.07) is 8.57. The second kappa shape index (κ2) is 8.14. The third-order valence-corrected chi connectivity index (χ3v) is 6.82. The number of hydrogen-bond donors (Lipinski definition) is 0. The first-order valence-corrected chi connectivity index (χ1v) is 10.3. The zero-order valence-corrected chi connectivity index (χ0v) is 16.4. The summed E-state index contributed by atoms with van der Waals surface area (Å²) in [5.74, 6) is 1.42. The average Bonchev–Trinajstić information content (AvgIpc) is 3.19. The largest absolute Gasteiger partial charge is 0.497 e. The minimum absolute atomic E-state index is 0.0177. The molecule has 3 rings (SSSR count). The standard InChI is InChI=1S/C19H24N2O5S/c1-15-14-17(25-2)5-7-18(15)27(23,24)21-11-9-20(10-12-21)19(22)8-6-16-4-3-13-26-16/h3-5,7,13-14H,6,8-12H2,1-2H3. The maximum atomic E-state index is 12.9. The van der Waals surface area contributed by atoms with Crippen LogP contribution in [0.3, 0.4) is 0 Å². The van der Waals surface area contributed by atoms with Gasteiger partial charge in [-0.3, -0.25) is 4.79 Å². The molecule has 0 unspecified atom stereocenters. The number of sulfonamides is 1. The second-order valence-electron chi connectivity index (χ2n) is 6.50. The fourth-order valence-electron chi connectivity index (χ4n) is 3.20. The van der Waals surface area contributed by atoms with E-state index in [-0.39, 0.29) is 10.8 Å². The van der Waals surface area contributed by atoms with Gasteiger partial charge in [0, 0.05) is 39.0 Å². The molecular weight excluding hydrogens is 368 g/mol. The minimum atomic E-state index is -3.59. The molecule has 1 fully saturated rings. The van der Waals surface area contributed by atoms with Crippen LogP contribution in [0.5, 0.6) is 5.75 Å². The van der Waals surface area contributed by atoms with Crippen molar-refractivity contribution in [2.24, 2.45) is 0 Å². The van der Waals surface area contributed by atoms with Gasteiger partial charge in [-0.15, -0.1) is 0 Å². The van der Waals surface area contributed by atoms with Crippen LogP contribution in [0.15, 0.2) is 45.9 Å². The number of furan rings is 1. The molecule has 0 bridgehead atoms. The smallest absolute Gasteiger partial charge is 0.243 e. The van der Waals surface area contributed by atoms with Gasteiger partial charge in [-0.05, 0) is 42.8 Å². The first-order chi connectivity index (χ1) is 12.9. The van der Waals surface area contributed by atoms with Gasteiger partial charge >= 0.3 is 0 Å². The zero-order chi connectivity index (χ0) is 19.4. The Hall–Kier alpha value is -2.32. The Bertz CT molecular complexity index is 885. The Labute approximate surface area is 159 Å². The fraction of sp³-hybridized carbons (Fsp3) is 0.421. The highest BCUT2D eigenvalue weighted by molar-refractivity contribution is 7.89. The molecule has 1 aliphatic heterocycles. The van der Waals surface area contributed by atoms with Crippen LogP contribution in [-0.4, -0.2) is 56.8 Å². The van der Waals surface area contributed by atoms with Crippen LogP contribution >= 0.6 is 0 Å². The van der Waals surface area contributed by atoms with E-state index in [0.29, 0.717) is 50.3 Å². The minimum Gasteiger partial charge on any atom is -0.497 e. The SMILES string of the molecule is COc1ccc(S(=O)(=O)N2CCN(C(=O)CCc3ccco3)CC2)c(C)c1. The van der Waals surface area contributed by atoms with Gasteiger partial charge in [0.1, 0.15) is 11.5 Å². The lowest BCUT2D eigenvalue weighted by Crippen LogP contribution is -2.50. The predicted octanol–water partition coefficient (Wildman–Crippen LogP) is 2.06. The number of benzene rings is 1. The summed E-state index contributed by atoms with van der Waals surface area (Å²) in [7, 11) is -2.04. The van der Waals surface area contributed by atoms with Gasteiger partial charge in [-0.1, -0.05) is 0 Å². The number of amides is 1. The van der Waals surface area contributed by atoms with E-state index in [1.165, 1.54) is 4.31 Å². The Morgan fingerprint density at radius 3 is 2.52 bits per heavy atom. The number of hydrogen-bond acceptors (Lipinski definition) is 5. The molecule has 146 valence electrons. The third kappa shape index (κ3) is 4.33. The van der Waals surface area contributed by atoms with Crippen LogP contribution in [0.2, 0.25) is 0 Å². The van der Waals surface area contributed by atoms with E-state index < -0.39 is 10.0 Å². The molecule has 0 N–H and O–H groups in total. The molecule has 1 amide bonds. The van der Waals surface area contributed by atoms with Crippen molar-refractivity contribution in [1.29, 1.82) is 0 Å². The first-order valence-electron chi connectivity index (χ1n) is 8.87. The van der Waals surface area contributed by atoms with Crippen LogP contribution in [0.1, 0.15) is 17.7 Å². The lowest BCUT2D eigenvalue weighted by atomic mass is 10.2. The molecule has 1 aliphatic rings. The monoisotopic (exact) mass is 392 g/mol. The van der Waals surface area contributed by atoms with Crippen molar-refractivity contribution in [1.82, 2.24) is 9.21 Å². The molecule has 27 heavy (non-hydrogen) atoms. The number of methoxy groups -OCH3 is 1. The van der Waals surface area contributed by atoms with E-state index in [1.807, 2.05) is 6.07 Å². The second-order valence-corrected chi connectivity index (χ2v) is 8.40.